The van der Waals surface area contributed by atoms with Crippen molar-refractivity contribution >= 4 is 7.60 Å². The average molecular weight is 178 g/mol. The van der Waals surface area contributed by atoms with E-state index in [1.165, 1.54) is 0 Å². The molecule has 0 atom stereocenters. The van der Waals surface area contributed by atoms with Gasteiger partial charge in [0.1, 0.15) is 0 Å². The minimum atomic E-state index is -4.39. The number of hydrogen-bond acceptors (Lipinski definition) is 3. The van der Waals surface area contributed by atoms with E-state index in [2.05, 4.69) is 0 Å². The highest BCUT2D eigenvalue weighted by Gasteiger charge is 2.20. The standard InChI is InChI=1S/C7H17O3P/c1-5(2)7(6(3)4)11(8,9)10/h5-7H,1-4H3,(H2,8,9,10)/p-2. The van der Waals surface area contributed by atoms with Crippen molar-refractivity contribution in [1.29, 1.82) is 0 Å². The lowest BCUT2D eigenvalue weighted by Gasteiger charge is -2.43. The molecular formula is C7H15O3P-2. The molecule has 0 heterocycles. The normalized spacial score (nSPS) is 13.5. The zero-order chi connectivity index (χ0) is 9.23. The van der Waals surface area contributed by atoms with E-state index in [1.54, 1.807) is 27.7 Å². The summed E-state index contributed by atoms with van der Waals surface area (Å²) < 4.78 is 10.7. The van der Waals surface area contributed by atoms with E-state index < -0.39 is 13.3 Å². The summed E-state index contributed by atoms with van der Waals surface area (Å²) in [6, 6.07) is 0. The molecule has 0 spiro atoms. The second-order valence-corrected chi connectivity index (χ2v) is 5.19. The Labute approximate surface area is 68.0 Å². The van der Waals surface area contributed by atoms with Crippen molar-refractivity contribution in [2.24, 2.45) is 11.8 Å². The lowest BCUT2D eigenvalue weighted by molar-refractivity contribution is -0.318. The molecule has 0 unspecified atom stereocenters. The molecule has 0 fully saturated rings. The van der Waals surface area contributed by atoms with Crippen molar-refractivity contribution in [2.45, 2.75) is 33.4 Å². The third kappa shape index (κ3) is 3.37. The Morgan fingerprint density at radius 3 is 1.27 bits per heavy atom. The molecule has 0 aliphatic rings. The van der Waals surface area contributed by atoms with Gasteiger partial charge in [0.05, 0.1) is 0 Å². The molecule has 0 aliphatic carbocycles. The second kappa shape index (κ2) is 3.70. The van der Waals surface area contributed by atoms with E-state index in [9.17, 15) is 14.4 Å². The smallest absolute Gasteiger partial charge is 0.00879 e. The van der Waals surface area contributed by atoms with Crippen molar-refractivity contribution in [3.05, 3.63) is 0 Å². The largest absolute Gasteiger partial charge is 0.811 e. The number of rotatable bonds is 3. The molecule has 0 radical (unpaired) electrons. The van der Waals surface area contributed by atoms with Crippen LogP contribution in [-0.2, 0) is 4.57 Å². The van der Waals surface area contributed by atoms with E-state index in [0.717, 1.165) is 0 Å². The van der Waals surface area contributed by atoms with Gasteiger partial charge in [-0.15, -0.1) is 0 Å². The van der Waals surface area contributed by atoms with Gasteiger partial charge in [0.15, 0.2) is 0 Å². The lowest BCUT2D eigenvalue weighted by Crippen LogP contribution is -2.33. The van der Waals surface area contributed by atoms with Crippen LogP contribution in [0.15, 0.2) is 0 Å². The van der Waals surface area contributed by atoms with Crippen LogP contribution < -0.4 is 9.79 Å². The summed E-state index contributed by atoms with van der Waals surface area (Å²) in [5.74, 6) is -0.174. The van der Waals surface area contributed by atoms with Gasteiger partial charge in [-0.3, -0.25) is 0 Å². The summed E-state index contributed by atoms with van der Waals surface area (Å²) in [4.78, 5) is 21.4. The van der Waals surface area contributed by atoms with Crippen LogP contribution in [0.4, 0.5) is 0 Å². The van der Waals surface area contributed by atoms with E-state index in [4.69, 9.17) is 0 Å². The summed E-state index contributed by atoms with van der Waals surface area (Å²) in [5.41, 5.74) is -0.720. The topological polar surface area (TPSA) is 63.2 Å². The Balaban J connectivity index is 4.49. The summed E-state index contributed by atoms with van der Waals surface area (Å²) >= 11 is 0. The maximum absolute atomic E-state index is 10.7. The Bertz CT molecular complexity index is 151. The monoisotopic (exact) mass is 178 g/mol. The maximum atomic E-state index is 10.7. The molecule has 11 heavy (non-hydrogen) atoms. The molecule has 0 aromatic heterocycles. The first-order chi connectivity index (χ1) is 4.76. The minimum absolute atomic E-state index is 0.0872. The molecule has 3 nitrogen and oxygen atoms in total. The highest BCUT2D eigenvalue weighted by atomic mass is 31.2. The molecular weight excluding hydrogens is 163 g/mol. The molecule has 0 rings (SSSR count). The molecule has 0 N–H and O–H groups in total. The van der Waals surface area contributed by atoms with Crippen LogP contribution in [-0.4, -0.2) is 5.66 Å². The van der Waals surface area contributed by atoms with Crippen LogP contribution >= 0.6 is 7.60 Å². The average Bonchev–Trinajstić information content (AvgIpc) is 1.54. The van der Waals surface area contributed by atoms with Crippen molar-refractivity contribution < 1.29 is 14.4 Å². The highest BCUT2D eigenvalue weighted by molar-refractivity contribution is 7.49. The quantitative estimate of drug-likeness (QED) is 0.594. The predicted octanol–water partition coefficient (Wildman–Crippen LogP) is 0.581. The van der Waals surface area contributed by atoms with E-state index in [0.29, 0.717) is 0 Å². The summed E-state index contributed by atoms with van der Waals surface area (Å²) in [7, 11) is -4.39. The summed E-state index contributed by atoms with van der Waals surface area (Å²) in [6.07, 6.45) is 0. The molecule has 0 saturated heterocycles. The number of hydrogen-bond donors (Lipinski definition) is 0. The van der Waals surface area contributed by atoms with Crippen molar-refractivity contribution in [1.82, 2.24) is 0 Å². The highest BCUT2D eigenvalue weighted by Crippen LogP contribution is 2.40. The first-order valence-electron chi connectivity index (χ1n) is 3.78. The molecule has 0 saturated carbocycles. The van der Waals surface area contributed by atoms with Crippen LogP contribution in [0.1, 0.15) is 27.7 Å². The van der Waals surface area contributed by atoms with Crippen LogP contribution in [0.3, 0.4) is 0 Å². The van der Waals surface area contributed by atoms with Gasteiger partial charge >= 0.3 is 0 Å². The molecule has 0 aromatic rings. The van der Waals surface area contributed by atoms with Crippen molar-refractivity contribution in [3.8, 4) is 0 Å². The zero-order valence-electron chi connectivity index (χ0n) is 7.40. The molecule has 0 aromatic carbocycles. The zero-order valence-corrected chi connectivity index (χ0v) is 8.30. The lowest BCUT2D eigenvalue weighted by atomic mass is 10.00. The minimum Gasteiger partial charge on any atom is -0.811 e. The van der Waals surface area contributed by atoms with Crippen LogP contribution in [0.2, 0.25) is 0 Å². The van der Waals surface area contributed by atoms with Crippen molar-refractivity contribution in [3.63, 3.8) is 0 Å². The van der Waals surface area contributed by atoms with Crippen LogP contribution in [0, 0.1) is 11.8 Å². The Morgan fingerprint density at radius 2 is 1.27 bits per heavy atom. The van der Waals surface area contributed by atoms with Crippen LogP contribution in [0.5, 0.6) is 0 Å². The van der Waals surface area contributed by atoms with Gasteiger partial charge < -0.3 is 14.4 Å². The maximum Gasteiger partial charge on any atom is -0.00879 e. The predicted molar refractivity (Wildman–Crippen MR) is 41.1 cm³/mol. The van der Waals surface area contributed by atoms with Gasteiger partial charge in [-0.05, 0) is 17.5 Å². The van der Waals surface area contributed by atoms with Crippen molar-refractivity contribution in [2.75, 3.05) is 0 Å². The summed E-state index contributed by atoms with van der Waals surface area (Å²) in [5, 5.41) is 0. The fourth-order valence-electron chi connectivity index (χ4n) is 1.50. The molecule has 0 amide bonds. The fraction of sp³-hybridized carbons (Fsp3) is 1.00. The molecule has 0 bridgehead atoms. The van der Waals surface area contributed by atoms with E-state index in [1.807, 2.05) is 0 Å². The van der Waals surface area contributed by atoms with Gasteiger partial charge in [0.25, 0.3) is 0 Å². The molecule has 0 aliphatic heterocycles. The van der Waals surface area contributed by atoms with E-state index in [-0.39, 0.29) is 11.8 Å². The van der Waals surface area contributed by atoms with Gasteiger partial charge in [-0.2, -0.15) is 0 Å². The Kier molecular flexibility index (Phi) is 3.75. The third-order valence-corrected chi connectivity index (χ3v) is 3.65. The second-order valence-electron chi connectivity index (χ2n) is 3.52. The first kappa shape index (κ1) is 11.2. The Hall–Kier alpha value is 0.150. The van der Waals surface area contributed by atoms with Gasteiger partial charge in [-0.25, -0.2) is 0 Å². The van der Waals surface area contributed by atoms with Gasteiger partial charge in [0, 0.05) is 0 Å². The molecule has 68 valence electrons. The van der Waals surface area contributed by atoms with E-state index >= 15 is 0 Å². The Morgan fingerprint density at radius 1 is 1.00 bits per heavy atom. The summed E-state index contributed by atoms with van der Waals surface area (Å²) in [6.45, 7) is 7.03. The SMILES string of the molecule is CC(C)C(C(C)C)P(=O)([O-])[O-]. The third-order valence-electron chi connectivity index (χ3n) is 1.73. The molecule has 4 heteroatoms. The van der Waals surface area contributed by atoms with Crippen LogP contribution in [0.25, 0.3) is 0 Å². The van der Waals surface area contributed by atoms with Gasteiger partial charge in [-0.1, -0.05) is 35.3 Å². The van der Waals surface area contributed by atoms with Gasteiger partial charge in [0.2, 0.25) is 0 Å². The first-order valence-corrected chi connectivity index (χ1v) is 5.39. The fourth-order valence-corrected chi connectivity index (χ4v) is 2.96.